The molecule has 0 saturated heterocycles. The molecule has 0 aliphatic rings. The summed E-state index contributed by atoms with van der Waals surface area (Å²) in [4.78, 5) is 2.31. The Morgan fingerprint density at radius 1 is 0.302 bits per heavy atom. The van der Waals surface area contributed by atoms with Gasteiger partial charge in [-0.2, -0.15) is 0 Å². The topological polar surface area (TPSA) is 29.5 Å². The highest BCUT2D eigenvalue weighted by Gasteiger charge is 2.18. The number of rotatable bonds is 5. The molecule has 0 spiro atoms. The Morgan fingerprint density at radius 3 is 1.58 bits per heavy atom. The summed E-state index contributed by atoms with van der Waals surface area (Å²) in [5.74, 6) is 0. The van der Waals surface area contributed by atoms with Crippen molar-refractivity contribution in [1.82, 2.24) is 0 Å². The van der Waals surface area contributed by atoms with Crippen LogP contribution in [0.2, 0.25) is 0 Å². The van der Waals surface area contributed by atoms with Gasteiger partial charge in [-0.15, -0.1) is 0 Å². The van der Waals surface area contributed by atoms with Gasteiger partial charge in [0.25, 0.3) is 0 Å². The smallest absolute Gasteiger partial charge is 0.137 e. The minimum absolute atomic E-state index is 0.864. The molecule has 53 heavy (non-hydrogen) atoms. The van der Waals surface area contributed by atoms with Gasteiger partial charge in [-0.3, -0.25) is 0 Å². The van der Waals surface area contributed by atoms with Crippen molar-refractivity contribution in [1.29, 1.82) is 0 Å². The van der Waals surface area contributed by atoms with Crippen LogP contribution < -0.4 is 4.90 Å². The molecule has 0 aliphatic heterocycles. The van der Waals surface area contributed by atoms with E-state index < -0.39 is 0 Å². The van der Waals surface area contributed by atoms with Crippen LogP contribution in [-0.4, -0.2) is 0 Å². The molecule has 0 fully saturated rings. The summed E-state index contributed by atoms with van der Waals surface area (Å²) in [6, 6.07) is 66.8. The number of nitrogens with zero attached hydrogens (tertiary/aromatic N) is 1. The van der Waals surface area contributed by atoms with E-state index in [9.17, 15) is 0 Å². The third-order valence-electron chi connectivity index (χ3n) is 10.7. The first-order chi connectivity index (χ1) is 26.3. The second kappa shape index (κ2) is 11.7. The lowest BCUT2D eigenvalue weighted by Crippen LogP contribution is -2.09. The number of benzene rings is 9. The number of fused-ring (bicyclic) bond motifs is 9. The van der Waals surface area contributed by atoms with Crippen LogP contribution in [0, 0.1) is 0 Å². The fourth-order valence-electron chi connectivity index (χ4n) is 8.19. The van der Waals surface area contributed by atoms with Crippen LogP contribution in [0.3, 0.4) is 0 Å². The first-order valence-corrected chi connectivity index (χ1v) is 18.0. The first kappa shape index (κ1) is 29.6. The molecule has 2 heterocycles. The average molecular weight is 678 g/mol. The average Bonchev–Trinajstić information content (AvgIpc) is 3.79. The van der Waals surface area contributed by atoms with E-state index in [-0.39, 0.29) is 0 Å². The highest BCUT2D eigenvalue weighted by atomic mass is 16.3. The molecular formula is C50H31NO2. The molecule has 0 atom stereocenters. The molecular weight excluding hydrogens is 647 g/mol. The molecule has 11 rings (SSSR count). The molecule has 3 nitrogen and oxygen atoms in total. The van der Waals surface area contributed by atoms with Gasteiger partial charge in [-0.05, 0) is 98.4 Å². The van der Waals surface area contributed by atoms with Crippen LogP contribution in [0.1, 0.15) is 0 Å². The summed E-state index contributed by atoms with van der Waals surface area (Å²) < 4.78 is 12.8. The fraction of sp³-hybridized carbons (Fsp3) is 0. The molecule has 248 valence electrons. The normalized spacial score (nSPS) is 11.8. The third-order valence-corrected chi connectivity index (χ3v) is 10.7. The minimum atomic E-state index is 0.864. The molecule has 0 bridgehead atoms. The predicted molar refractivity (Wildman–Crippen MR) is 222 cm³/mol. The SMILES string of the molecule is c1ccc2c(-c3ccc(N(c4ccc(-c5cc6oc7ccccc7c6c6ccccc56)cc4)c4ccc5c(c4)oc4ccccc45)cc3)cccc2c1. The Balaban J connectivity index is 1.05. The monoisotopic (exact) mass is 677 g/mol. The van der Waals surface area contributed by atoms with E-state index in [1.54, 1.807) is 0 Å². The number of hydrogen-bond acceptors (Lipinski definition) is 3. The van der Waals surface area contributed by atoms with E-state index in [0.29, 0.717) is 0 Å². The van der Waals surface area contributed by atoms with E-state index >= 15 is 0 Å². The number of para-hydroxylation sites is 2. The van der Waals surface area contributed by atoms with E-state index in [4.69, 9.17) is 8.83 Å². The first-order valence-electron chi connectivity index (χ1n) is 18.0. The van der Waals surface area contributed by atoms with Crippen LogP contribution >= 0.6 is 0 Å². The maximum absolute atomic E-state index is 6.41. The zero-order chi connectivity index (χ0) is 34.9. The molecule has 0 N–H and O–H groups in total. The van der Waals surface area contributed by atoms with Crippen molar-refractivity contribution >= 4 is 82.5 Å². The fourth-order valence-corrected chi connectivity index (χ4v) is 8.19. The van der Waals surface area contributed by atoms with E-state index in [0.717, 1.165) is 72.1 Å². The van der Waals surface area contributed by atoms with Crippen LogP contribution in [-0.2, 0) is 0 Å². The Kier molecular flexibility index (Phi) is 6.55. The van der Waals surface area contributed by atoms with Crippen molar-refractivity contribution in [2.75, 3.05) is 4.90 Å². The van der Waals surface area contributed by atoms with Gasteiger partial charge in [0, 0.05) is 44.7 Å². The Labute approximate surface area is 305 Å². The summed E-state index contributed by atoms with van der Waals surface area (Å²) in [6.45, 7) is 0. The van der Waals surface area contributed by atoms with Crippen molar-refractivity contribution < 1.29 is 8.83 Å². The molecule has 9 aromatic carbocycles. The van der Waals surface area contributed by atoms with Crippen LogP contribution in [0.25, 0.3) is 87.7 Å². The highest BCUT2D eigenvalue weighted by molar-refractivity contribution is 6.22. The highest BCUT2D eigenvalue weighted by Crippen LogP contribution is 2.43. The predicted octanol–water partition coefficient (Wildman–Crippen LogP) is 14.6. The molecule has 0 unspecified atom stereocenters. The number of hydrogen-bond donors (Lipinski definition) is 0. The second-order valence-corrected chi connectivity index (χ2v) is 13.7. The summed E-state index contributed by atoms with van der Waals surface area (Å²) in [6.07, 6.45) is 0. The van der Waals surface area contributed by atoms with E-state index in [2.05, 4.69) is 169 Å². The minimum Gasteiger partial charge on any atom is -0.456 e. The van der Waals surface area contributed by atoms with E-state index in [1.165, 1.54) is 32.7 Å². The Bertz CT molecular complexity index is 3160. The van der Waals surface area contributed by atoms with Gasteiger partial charge in [-0.1, -0.05) is 127 Å². The summed E-state index contributed by atoms with van der Waals surface area (Å²) in [5, 5.41) is 9.43. The maximum Gasteiger partial charge on any atom is 0.137 e. The zero-order valence-corrected chi connectivity index (χ0v) is 28.7. The third kappa shape index (κ3) is 4.75. The van der Waals surface area contributed by atoms with Gasteiger partial charge in [-0.25, -0.2) is 0 Å². The van der Waals surface area contributed by atoms with Crippen molar-refractivity contribution in [3.8, 4) is 22.3 Å². The Morgan fingerprint density at radius 2 is 0.830 bits per heavy atom. The van der Waals surface area contributed by atoms with Crippen molar-refractivity contribution in [3.05, 3.63) is 188 Å². The standard InChI is InChI=1S/C50H31NO2/c1-2-12-38-32(10-1)11-9-17-39(38)33-20-24-35(25-21-33)51(37-28-29-42-41-14-5-7-18-46(41)52-48(42)30-37)36-26-22-34(23-27-36)45-31-49-50(43-15-4-3-13-40(43)45)44-16-6-8-19-47(44)53-49/h1-31H. The van der Waals surface area contributed by atoms with E-state index in [1.807, 2.05) is 24.3 Å². The molecule has 0 aliphatic carbocycles. The van der Waals surface area contributed by atoms with Crippen molar-refractivity contribution in [2.24, 2.45) is 0 Å². The van der Waals surface area contributed by atoms with Crippen LogP contribution in [0.4, 0.5) is 17.1 Å². The van der Waals surface area contributed by atoms with Crippen molar-refractivity contribution in [2.45, 2.75) is 0 Å². The molecule has 3 heteroatoms. The number of anilines is 3. The van der Waals surface area contributed by atoms with Gasteiger partial charge in [0.2, 0.25) is 0 Å². The maximum atomic E-state index is 6.41. The quantitative estimate of drug-likeness (QED) is 0.182. The molecule has 2 aromatic heterocycles. The largest absolute Gasteiger partial charge is 0.456 e. The molecule has 0 radical (unpaired) electrons. The van der Waals surface area contributed by atoms with Crippen LogP contribution in [0.15, 0.2) is 197 Å². The number of furan rings is 2. The summed E-state index contributed by atoms with van der Waals surface area (Å²) in [5.41, 5.74) is 11.4. The van der Waals surface area contributed by atoms with Crippen LogP contribution in [0.5, 0.6) is 0 Å². The molecule has 11 aromatic rings. The lowest BCUT2D eigenvalue weighted by atomic mass is 9.94. The summed E-state index contributed by atoms with van der Waals surface area (Å²) >= 11 is 0. The van der Waals surface area contributed by atoms with Gasteiger partial charge < -0.3 is 13.7 Å². The molecule has 0 amide bonds. The lowest BCUT2D eigenvalue weighted by molar-refractivity contribution is 0.668. The lowest BCUT2D eigenvalue weighted by Gasteiger charge is -2.26. The van der Waals surface area contributed by atoms with Gasteiger partial charge in [0.1, 0.15) is 22.3 Å². The Hall–Kier alpha value is -7.10. The van der Waals surface area contributed by atoms with Gasteiger partial charge >= 0.3 is 0 Å². The summed E-state index contributed by atoms with van der Waals surface area (Å²) in [7, 11) is 0. The second-order valence-electron chi connectivity index (χ2n) is 13.7. The van der Waals surface area contributed by atoms with Gasteiger partial charge in [0.15, 0.2) is 0 Å². The van der Waals surface area contributed by atoms with Gasteiger partial charge in [0.05, 0.1) is 0 Å². The molecule has 0 saturated carbocycles. The van der Waals surface area contributed by atoms with Crippen molar-refractivity contribution in [3.63, 3.8) is 0 Å². The zero-order valence-electron chi connectivity index (χ0n) is 28.7.